The maximum atomic E-state index is 12.1. The molecular formula is C15H25NO5S. The maximum absolute atomic E-state index is 12.1. The number of rotatable bonds is 11. The molecule has 126 valence electrons. The second-order valence-corrected chi connectivity index (χ2v) is 6.13. The summed E-state index contributed by atoms with van der Waals surface area (Å²) in [7, 11) is 0. The van der Waals surface area contributed by atoms with Gasteiger partial charge in [-0.25, -0.2) is 4.79 Å². The highest BCUT2D eigenvalue weighted by atomic mass is 32.2. The zero-order chi connectivity index (χ0) is 16.5. The number of carbonyl (C=O) groups is 3. The lowest BCUT2D eigenvalue weighted by molar-refractivity contribution is -0.144. The van der Waals surface area contributed by atoms with Crippen molar-refractivity contribution in [2.24, 2.45) is 0 Å². The number of hydrogen-bond donors (Lipinski definition) is 1. The van der Waals surface area contributed by atoms with Crippen LogP contribution in [0.5, 0.6) is 0 Å². The molecule has 1 rings (SSSR count). The molecule has 1 aliphatic rings. The first kappa shape index (κ1) is 19.0. The van der Waals surface area contributed by atoms with Gasteiger partial charge in [0.25, 0.3) is 5.91 Å². The van der Waals surface area contributed by atoms with Crippen LogP contribution in [0, 0.1) is 0 Å². The van der Waals surface area contributed by atoms with E-state index in [2.05, 4.69) is 5.32 Å². The van der Waals surface area contributed by atoms with Gasteiger partial charge in [-0.05, 0) is 31.8 Å². The molecule has 1 fully saturated rings. The van der Waals surface area contributed by atoms with Crippen molar-refractivity contribution in [1.82, 2.24) is 5.32 Å². The van der Waals surface area contributed by atoms with Crippen molar-refractivity contribution in [3.8, 4) is 0 Å². The van der Waals surface area contributed by atoms with Crippen molar-refractivity contribution in [3.05, 3.63) is 0 Å². The summed E-state index contributed by atoms with van der Waals surface area (Å²) in [6.45, 7) is 3.96. The smallest absolute Gasteiger partial charge is 0.338 e. The number of esters is 1. The Morgan fingerprint density at radius 2 is 2.00 bits per heavy atom. The third-order valence-electron chi connectivity index (χ3n) is 3.36. The Morgan fingerprint density at radius 1 is 1.27 bits per heavy atom. The molecule has 1 amide bonds. The van der Waals surface area contributed by atoms with Gasteiger partial charge < -0.3 is 14.8 Å². The Bertz CT molecular complexity index is 401. The van der Waals surface area contributed by atoms with Gasteiger partial charge in [0.15, 0.2) is 18.0 Å². The monoisotopic (exact) mass is 331 g/mol. The average Bonchev–Trinajstić information content (AvgIpc) is 3.29. The molecule has 0 spiro atoms. The fourth-order valence-corrected chi connectivity index (χ4v) is 2.52. The molecule has 1 N–H and O–H groups in total. The van der Waals surface area contributed by atoms with Crippen LogP contribution in [0.2, 0.25) is 0 Å². The van der Waals surface area contributed by atoms with Crippen LogP contribution in [0.4, 0.5) is 0 Å². The van der Waals surface area contributed by atoms with Crippen molar-refractivity contribution in [2.45, 2.75) is 57.8 Å². The van der Waals surface area contributed by atoms with Crippen LogP contribution in [0.1, 0.15) is 39.5 Å². The number of amides is 1. The highest BCUT2D eigenvalue weighted by molar-refractivity contribution is 7.98. The Labute approximate surface area is 135 Å². The molecule has 1 saturated heterocycles. The number of ketones is 1. The first-order chi connectivity index (χ1) is 10.5. The van der Waals surface area contributed by atoms with Gasteiger partial charge in [-0.1, -0.05) is 13.3 Å². The second-order valence-electron chi connectivity index (χ2n) is 5.14. The molecule has 0 aromatic heterocycles. The zero-order valence-corrected chi connectivity index (χ0v) is 14.2. The number of hydrogen-bond acceptors (Lipinski definition) is 6. The molecule has 1 heterocycles. The van der Waals surface area contributed by atoms with Gasteiger partial charge in [0.05, 0.1) is 12.6 Å². The first-order valence-corrected chi connectivity index (χ1v) is 9.08. The van der Waals surface area contributed by atoms with Crippen LogP contribution in [0.3, 0.4) is 0 Å². The van der Waals surface area contributed by atoms with Gasteiger partial charge in [0.1, 0.15) is 0 Å². The molecule has 6 nitrogen and oxygen atoms in total. The number of ether oxygens (including phenoxy) is 2. The van der Waals surface area contributed by atoms with Crippen molar-refractivity contribution in [1.29, 1.82) is 0 Å². The van der Waals surface area contributed by atoms with E-state index in [1.165, 1.54) is 0 Å². The van der Waals surface area contributed by atoms with Crippen molar-refractivity contribution >= 4 is 29.4 Å². The summed E-state index contributed by atoms with van der Waals surface area (Å²) in [5.41, 5.74) is 0. The standard InChI is InChI=1S/C15H25NO5S/c1-4-6-7-11(17)10(8-9-22-3)16-14(18)12-13(21-12)15(19)20-5-2/h10,12-13H,4-9H2,1-3H3,(H,16,18)/t10-,12-,13-/m0/s1. The lowest BCUT2D eigenvalue weighted by atomic mass is 10.0. The lowest BCUT2D eigenvalue weighted by Crippen LogP contribution is -2.44. The van der Waals surface area contributed by atoms with E-state index < -0.39 is 30.1 Å². The molecule has 1 aliphatic heterocycles. The molecule has 0 aromatic rings. The Balaban J connectivity index is 2.49. The molecule has 0 aromatic carbocycles. The summed E-state index contributed by atoms with van der Waals surface area (Å²) in [4.78, 5) is 35.7. The molecule has 3 atom stereocenters. The average molecular weight is 331 g/mol. The Kier molecular flexibility index (Phi) is 8.48. The van der Waals surface area contributed by atoms with E-state index in [1.807, 2.05) is 13.2 Å². The van der Waals surface area contributed by atoms with Gasteiger partial charge in [0, 0.05) is 6.42 Å². The van der Waals surface area contributed by atoms with Crippen LogP contribution in [0.15, 0.2) is 0 Å². The third-order valence-corrected chi connectivity index (χ3v) is 4.01. The third kappa shape index (κ3) is 5.96. The largest absolute Gasteiger partial charge is 0.464 e. The first-order valence-electron chi connectivity index (χ1n) is 7.69. The fourth-order valence-electron chi connectivity index (χ4n) is 2.04. The predicted molar refractivity (Wildman–Crippen MR) is 84.8 cm³/mol. The van der Waals surface area contributed by atoms with E-state index in [-0.39, 0.29) is 12.4 Å². The molecule has 0 radical (unpaired) electrons. The van der Waals surface area contributed by atoms with E-state index in [0.29, 0.717) is 12.8 Å². The summed E-state index contributed by atoms with van der Waals surface area (Å²) in [6.07, 6.45) is 3.11. The van der Waals surface area contributed by atoms with Crippen LogP contribution >= 0.6 is 11.8 Å². The van der Waals surface area contributed by atoms with Gasteiger partial charge in [-0.3, -0.25) is 9.59 Å². The van der Waals surface area contributed by atoms with Crippen LogP contribution in [-0.4, -0.2) is 54.5 Å². The highest BCUT2D eigenvalue weighted by Crippen LogP contribution is 2.24. The quantitative estimate of drug-likeness (QED) is 0.454. The molecular weight excluding hydrogens is 306 g/mol. The van der Waals surface area contributed by atoms with Crippen LogP contribution < -0.4 is 5.32 Å². The van der Waals surface area contributed by atoms with Crippen LogP contribution in [-0.2, 0) is 23.9 Å². The molecule has 0 aliphatic carbocycles. The minimum Gasteiger partial charge on any atom is -0.464 e. The molecule has 22 heavy (non-hydrogen) atoms. The SMILES string of the molecule is CCCCC(=O)[C@H](CCSC)NC(=O)[C@H]1O[C@@H]1C(=O)OCC. The predicted octanol–water partition coefficient (Wildman–Crippen LogP) is 1.31. The summed E-state index contributed by atoms with van der Waals surface area (Å²) >= 11 is 1.63. The minimum atomic E-state index is -0.827. The zero-order valence-electron chi connectivity index (χ0n) is 13.4. The normalized spacial score (nSPS) is 21.0. The lowest BCUT2D eigenvalue weighted by Gasteiger charge is -2.16. The second kappa shape index (κ2) is 9.84. The Hall–Kier alpha value is -1.08. The minimum absolute atomic E-state index is 0.0394. The van der Waals surface area contributed by atoms with E-state index in [0.717, 1.165) is 18.6 Å². The molecule has 0 saturated carbocycles. The van der Waals surface area contributed by atoms with Gasteiger partial charge >= 0.3 is 5.97 Å². The number of unbranched alkanes of at least 4 members (excludes halogenated alkanes) is 1. The summed E-state index contributed by atoms with van der Waals surface area (Å²) in [5.74, 6) is -0.109. The molecule has 0 bridgehead atoms. The highest BCUT2D eigenvalue weighted by Gasteiger charge is 2.52. The topological polar surface area (TPSA) is 85.0 Å². The number of Topliss-reactive ketones (excluding diaryl/α,β-unsaturated/α-hetero) is 1. The van der Waals surface area contributed by atoms with Gasteiger partial charge in [-0.15, -0.1) is 0 Å². The summed E-state index contributed by atoms with van der Waals surface area (Å²) < 4.78 is 9.86. The van der Waals surface area contributed by atoms with E-state index in [9.17, 15) is 14.4 Å². The van der Waals surface area contributed by atoms with E-state index in [4.69, 9.17) is 9.47 Å². The van der Waals surface area contributed by atoms with Crippen molar-refractivity contribution in [3.63, 3.8) is 0 Å². The van der Waals surface area contributed by atoms with Gasteiger partial charge in [0.2, 0.25) is 0 Å². The number of carbonyl (C=O) groups excluding carboxylic acids is 3. The number of nitrogens with one attached hydrogen (secondary N) is 1. The van der Waals surface area contributed by atoms with Crippen molar-refractivity contribution < 1.29 is 23.9 Å². The summed E-state index contributed by atoms with van der Waals surface area (Å²) in [6, 6.07) is -0.501. The van der Waals surface area contributed by atoms with E-state index >= 15 is 0 Å². The summed E-state index contributed by atoms with van der Waals surface area (Å²) in [5, 5.41) is 2.71. The van der Waals surface area contributed by atoms with Crippen LogP contribution in [0.25, 0.3) is 0 Å². The maximum Gasteiger partial charge on any atom is 0.338 e. The van der Waals surface area contributed by atoms with Gasteiger partial charge in [-0.2, -0.15) is 11.8 Å². The molecule has 0 unspecified atom stereocenters. The van der Waals surface area contributed by atoms with E-state index in [1.54, 1.807) is 18.7 Å². The Morgan fingerprint density at radius 3 is 2.59 bits per heavy atom. The number of epoxide rings is 1. The molecule has 7 heteroatoms. The number of thioether (sulfide) groups is 1. The van der Waals surface area contributed by atoms with Crippen molar-refractivity contribution in [2.75, 3.05) is 18.6 Å². The fraction of sp³-hybridized carbons (Fsp3) is 0.800.